The zero-order valence-corrected chi connectivity index (χ0v) is 16.5. The van der Waals surface area contributed by atoms with E-state index < -0.39 is 12.1 Å². The lowest BCUT2D eigenvalue weighted by Gasteiger charge is -2.23. The van der Waals surface area contributed by atoms with Gasteiger partial charge in [0.1, 0.15) is 6.61 Å². The Labute approximate surface area is 175 Å². The molecule has 4 rings (SSSR count). The number of benzene rings is 3. The van der Waals surface area contributed by atoms with Gasteiger partial charge < -0.3 is 14.7 Å². The fraction of sp³-hybridized carbons (Fsp3) is 0.200. The van der Waals surface area contributed by atoms with Gasteiger partial charge in [0.25, 0.3) is 0 Å². The van der Waals surface area contributed by atoms with E-state index in [1.165, 1.54) is 16.0 Å². The van der Waals surface area contributed by atoms with Gasteiger partial charge in [0, 0.05) is 19.0 Å². The molecular weight excluding hydrogens is 378 g/mol. The van der Waals surface area contributed by atoms with E-state index in [0.29, 0.717) is 6.54 Å². The predicted molar refractivity (Wildman–Crippen MR) is 114 cm³/mol. The summed E-state index contributed by atoms with van der Waals surface area (Å²) in [5.74, 6) is -0.973. The van der Waals surface area contributed by atoms with E-state index in [1.54, 1.807) is 0 Å². The van der Waals surface area contributed by atoms with Gasteiger partial charge in [-0.3, -0.25) is 4.79 Å². The molecule has 30 heavy (non-hydrogen) atoms. The molecule has 0 heterocycles. The van der Waals surface area contributed by atoms with Crippen molar-refractivity contribution in [3.63, 3.8) is 0 Å². The van der Waals surface area contributed by atoms with Gasteiger partial charge in [-0.05, 0) is 27.8 Å². The van der Waals surface area contributed by atoms with Gasteiger partial charge in [0.2, 0.25) is 0 Å². The Morgan fingerprint density at radius 3 is 2.00 bits per heavy atom. The molecule has 0 unspecified atom stereocenters. The minimum absolute atomic E-state index is 0.0283. The summed E-state index contributed by atoms with van der Waals surface area (Å²) in [5, 5.41) is 9.05. The number of carboxylic acids is 1. The first kappa shape index (κ1) is 19.7. The maximum absolute atomic E-state index is 12.9. The summed E-state index contributed by atoms with van der Waals surface area (Å²) < 4.78 is 5.70. The minimum Gasteiger partial charge on any atom is -0.481 e. The Morgan fingerprint density at radius 1 is 0.833 bits per heavy atom. The van der Waals surface area contributed by atoms with Gasteiger partial charge in [-0.2, -0.15) is 0 Å². The van der Waals surface area contributed by atoms with Crippen molar-refractivity contribution in [1.29, 1.82) is 0 Å². The molecule has 0 spiro atoms. The van der Waals surface area contributed by atoms with Crippen LogP contribution in [0.1, 0.15) is 29.0 Å². The zero-order chi connectivity index (χ0) is 20.9. The standard InChI is InChI=1S/C25H23NO4/c27-24(28)14-15-26(16-18-8-2-1-3-9-18)25(29)30-17-23-21-12-6-4-10-19(21)20-11-5-7-13-22(20)23/h1-13,23H,14-17H2,(H,27,28). The summed E-state index contributed by atoms with van der Waals surface area (Å²) in [6.45, 7) is 0.622. The molecule has 0 fully saturated rings. The number of aliphatic carboxylic acids is 1. The summed E-state index contributed by atoms with van der Waals surface area (Å²) in [7, 11) is 0. The topological polar surface area (TPSA) is 66.8 Å². The first-order valence-electron chi connectivity index (χ1n) is 9.99. The van der Waals surface area contributed by atoms with Gasteiger partial charge in [-0.15, -0.1) is 0 Å². The number of hydrogen-bond acceptors (Lipinski definition) is 3. The van der Waals surface area contributed by atoms with E-state index in [9.17, 15) is 9.59 Å². The van der Waals surface area contributed by atoms with Crippen molar-refractivity contribution in [3.05, 3.63) is 95.6 Å². The lowest BCUT2D eigenvalue weighted by molar-refractivity contribution is -0.137. The number of carboxylic acid groups (broad SMARTS) is 1. The second-order valence-corrected chi connectivity index (χ2v) is 7.35. The highest BCUT2D eigenvalue weighted by Crippen LogP contribution is 2.44. The van der Waals surface area contributed by atoms with E-state index in [0.717, 1.165) is 16.7 Å². The van der Waals surface area contributed by atoms with Crippen LogP contribution >= 0.6 is 0 Å². The third-order valence-electron chi connectivity index (χ3n) is 5.41. The van der Waals surface area contributed by atoms with Crippen LogP contribution in [0.3, 0.4) is 0 Å². The molecule has 3 aromatic rings. The molecule has 3 aromatic carbocycles. The molecule has 0 radical (unpaired) electrons. The summed E-state index contributed by atoms with van der Waals surface area (Å²) in [6, 6.07) is 25.8. The molecule has 0 aromatic heterocycles. The number of nitrogens with zero attached hydrogens (tertiary/aromatic N) is 1. The van der Waals surface area contributed by atoms with Gasteiger partial charge in [-0.1, -0.05) is 78.9 Å². The van der Waals surface area contributed by atoms with Gasteiger partial charge in [0.05, 0.1) is 6.42 Å². The molecule has 0 saturated heterocycles. The summed E-state index contributed by atoms with van der Waals surface area (Å²) in [4.78, 5) is 25.3. The quantitative estimate of drug-likeness (QED) is 0.611. The van der Waals surface area contributed by atoms with E-state index in [1.807, 2.05) is 54.6 Å². The second-order valence-electron chi connectivity index (χ2n) is 7.35. The van der Waals surface area contributed by atoms with Crippen LogP contribution < -0.4 is 0 Å². The average molecular weight is 401 g/mol. The molecule has 0 saturated carbocycles. The number of rotatable bonds is 7. The number of amides is 1. The molecular formula is C25H23NO4. The highest BCUT2D eigenvalue weighted by atomic mass is 16.6. The molecule has 152 valence electrons. The average Bonchev–Trinajstić information content (AvgIpc) is 3.09. The molecule has 0 aliphatic heterocycles. The summed E-state index contributed by atoms with van der Waals surface area (Å²) >= 11 is 0. The fourth-order valence-corrected chi connectivity index (χ4v) is 3.95. The fourth-order valence-electron chi connectivity index (χ4n) is 3.95. The maximum atomic E-state index is 12.9. The highest BCUT2D eigenvalue weighted by molar-refractivity contribution is 5.79. The maximum Gasteiger partial charge on any atom is 0.410 e. The van der Waals surface area contributed by atoms with Crippen molar-refractivity contribution in [3.8, 4) is 11.1 Å². The van der Waals surface area contributed by atoms with Crippen LogP contribution in [0, 0.1) is 0 Å². The number of fused-ring (bicyclic) bond motifs is 3. The van der Waals surface area contributed by atoms with E-state index in [2.05, 4.69) is 24.3 Å². The van der Waals surface area contributed by atoms with Crippen molar-refractivity contribution in [1.82, 2.24) is 4.90 Å². The third kappa shape index (κ3) is 4.20. The van der Waals surface area contributed by atoms with Gasteiger partial charge >= 0.3 is 12.1 Å². The van der Waals surface area contributed by atoms with Crippen molar-refractivity contribution < 1.29 is 19.4 Å². The normalized spacial score (nSPS) is 12.1. The Bertz CT molecular complexity index is 1000. The lowest BCUT2D eigenvalue weighted by Crippen LogP contribution is -2.34. The largest absolute Gasteiger partial charge is 0.481 e. The molecule has 1 aliphatic rings. The van der Waals surface area contributed by atoms with Crippen molar-refractivity contribution in [2.24, 2.45) is 0 Å². The van der Waals surface area contributed by atoms with E-state index in [-0.39, 0.29) is 25.5 Å². The lowest BCUT2D eigenvalue weighted by atomic mass is 9.98. The Balaban J connectivity index is 1.49. The Kier molecular flexibility index (Phi) is 5.80. The van der Waals surface area contributed by atoms with Gasteiger partial charge in [0.15, 0.2) is 0 Å². The van der Waals surface area contributed by atoms with Crippen molar-refractivity contribution >= 4 is 12.1 Å². The highest BCUT2D eigenvalue weighted by Gasteiger charge is 2.29. The SMILES string of the molecule is O=C(O)CCN(Cc1ccccc1)C(=O)OCC1c2ccccc2-c2ccccc21. The van der Waals surface area contributed by atoms with Crippen LogP contribution in [-0.4, -0.2) is 35.2 Å². The molecule has 0 bridgehead atoms. The monoisotopic (exact) mass is 401 g/mol. The number of carbonyl (C=O) groups is 2. The molecule has 1 amide bonds. The number of carbonyl (C=O) groups excluding carboxylic acids is 1. The first-order valence-corrected chi connectivity index (χ1v) is 9.99. The van der Waals surface area contributed by atoms with Crippen LogP contribution in [0.4, 0.5) is 4.79 Å². The zero-order valence-electron chi connectivity index (χ0n) is 16.5. The summed E-state index contributed by atoms with van der Waals surface area (Å²) in [6.07, 6.45) is -0.626. The molecule has 1 N–H and O–H groups in total. The smallest absolute Gasteiger partial charge is 0.410 e. The Morgan fingerprint density at radius 2 is 1.40 bits per heavy atom. The van der Waals surface area contributed by atoms with Crippen molar-refractivity contribution in [2.45, 2.75) is 18.9 Å². The first-order chi connectivity index (χ1) is 14.6. The van der Waals surface area contributed by atoms with Crippen LogP contribution in [0.15, 0.2) is 78.9 Å². The molecule has 5 nitrogen and oxygen atoms in total. The number of ether oxygens (including phenoxy) is 1. The Hall–Kier alpha value is -3.60. The van der Waals surface area contributed by atoms with E-state index in [4.69, 9.17) is 9.84 Å². The van der Waals surface area contributed by atoms with Crippen molar-refractivity contribution in [2.75, 3.05) is 13.2 Å². The van der Waals surface area contributed by atoms with E-state index >= 15 is 0 Å². The minimum atomic E-state index is -0.945. The molecule has 1 aliphatic carbocycles. The number of hydrogen-bond donors (Lipinski definition) is 1. The van der Waals surface area contributed by atoms with Crippen LogP contribution in [0.2, 0.25) is 0 Å². The van der Waals surface area contributed by atoms with Crippen LogP contribution in [0.25, 0.3) is 11.1 Å². The summed E-state index contributed by atoms with van der Waals surface area (Å²) in [5.41, 5.74) is 5.55. The predicted octanol–water partition coefficient (Wildman–Crippen LogP) is 4.91. The van der Waals surface area contributed by atoms with Crippen LogP contribution in [-0.2, 0) is 16.1 Å². The van der Waals surface area contributed by atoms with Gasteiger partial charge in [-0.25, -0.2) is 4.79 Å². The molecule has 0 atom stereocenters. The molecule has 5 heteroatoms. The van der Waals surface area contributed by atoms with Crippen LogP contribution in [0.5, 0.6) is 0 Å². The second kappa shape index (κ2) is 8.82. The third-order valence-corrected chi connectivity index (χ3v) is 5.41.